The molecule has 7 nitrogen and oxygen atoms in total. The van der Waals surface area contributed by atoms with E-state index in [4.69, 9.17) is 5.73 Å². The third-order valence-electron chi connectivity index (χ3n) is 9.27. The van der Waals surface area contributed by atoms with Crippen LogP contribution in [0.4, 0.5) is 4.39 Å². The molecular formula is C30H43FN2O5S. The Balaban J connectivity index is 1.47. The maximum absolute atomic E-state index is 13.9. The van der Waals surface area contributed by atoms with Crippen LogP contribution < -0.4 is 5.73 Å². The summed E-state index contributed by atoms with van der Waals surface area (Å²) in [7, 11) is -3.43. The molecule has 3 aliphatic rings. The zero-order valence-electron chi connectivity index (χ0n) is 23.0. The molecule has 1 aliphatic heterocycles. The number of sulfone groups is 1. The molecular weight excluding hydrogens is 519 g/mol. The quantitative estimate of drug-likeness (QED) is 0.432. The smallest absolute Gasteiger partial charge is 0.226 e. The summed E-state index contributed by atoms with van der Waals surface area (Å²) in [6.45, 7) is 0.0567. The number of likely N-dealkylation sites (tertiary alicyclic amines) is 1. The fourth-order valence-corrected chi connectivity index (χ4v) is 7.77. The summed E-state index contributed by atoms with van der Waals surface area (Å²) in [4.78, 5) is 41.7. The SMILES string of the molecule is CS(=O)(=O)CC(=O)c1ccc(CC(=O)[C@@H]2[C@H](C3CCCCC3)CCN2C(=O)C2CCC([C@H](N)CF)CC2)cc1. The summed E-state index contributed by atoms with van der Waals surface area (Å²) in [5.41, 5.74) is 6.97. The number of Topliss-reactive ketones (excluding diaryl/α,β-unsaturated/α-hetero) is 2. The van der Waals surface area contributed by atoms with Crippen molar-refractivity contribution in [1.82, 2.24) is 4.90 Å². The number of carbonyl (C=O) groups excluding carboxylic acids is 3. The van der Waals surface area contributed by atoms with Crippen molar-refractivity contribution in [1.29, 1.82) is 0 Å². The zero-order chi connectivity index (χ0) is 28.2. The maximum Gasteiger partial charge on any atom is 0.226 e. The van der Waals surface area contributed by atoms with Crippen LogP contribution in [0.1, 0.15) is 80.1 Å². The van der Waals surface area contributed by atoms with Gasteiger partial charge in [0.2, 0.25) is 5.91 Å². The first kappa shape index (κ1) is 29.8. The van der Waals surface area contributed by atoms with E-state index in [0.29, 0.717) is 30.9 Å². The standard InChI is InChI=1S/C30H43FN2O5S/c1-39(37,38)19-28(35)23-9-7-20(8-10-23)17-27(34)29-25(21-5-3-2-4-6-21)15-16-33(29)30(36)24-13-11-22(12-14-24)26(32)18-31/h7-10,21-22,24-26,29H,2-6,11-19,32H2,1H3/t22?,24?,25-,26+,29-/m0/s1. The number of alkyl halides is 1. The molecule has 0 radical (unpaired) electrons. The van der Waals surface area contributed by atoms with E-state index in [0.717, 1.165) is 56.8 Å². The fourth-order valence-electron chi connectivity index (χ4n) is 7.12. The van der Waals surface area contributed by atoms with E-state index in [9.17, 15) is 27.2 Å². The van der Waals surface area contributed by atoms with Gasteiger partial charge in [0.25, 0.3) is 0 Å². The zero-order valence-corrected chi connectivity index (χ0v) is 23.8. The average Bonchev–Trinajstić information content (AvgIpc) is 3.38. The lowest BCUT2D eigenvalue weighted by Gasteiger charge is -2.37. The number of nitrogens with zero attached hydrogens (tertiary/aromatic N) is 1. The second-order valence-electron chi connectivity index (χ2n) is 12.1. The molecule has 0 unspecified atom stereocenters. The summed E-state index contributed by atoms with van der Waals surface area (Å²) in [6.07, 6.45) is 10.6. The van der Waals surface area contributed by atoms with E-state index in [1.165, 1.54) is 6.42 Å². The number of ketones is 2. The van der Waals surface area contributed by atoms with Gasteiger partial charge in [-0.15, -0.1) is 0 Å². The second-order valence-corrected chi connectivity index (χ2v) is 14.2. The number of halogens is 1. The highest BCUT2D eigenvalue weighted by Crippen LogP contribution is 2.41. The van der Waals surface area contributed by atoms with Gasteiger partial charge < -0.3 is 10.6 Å². The molecule has 1 aromatic carbocycles. The van der Waals surface area contributed by atoms with Crippen LogP contribution >= 0.6 is 0 Å². The van der Waals surface area contributed by atoms with Gasteiger partial charge in [-0.05, 0) is 55.4 Å². The molecule has 216 valence electrons. The van der Waals surface area contributed by atoms with Crippen molar-refractivity contribution in [2.75, 3.05) is 25.2 Å². The van der Waals surface area contributed by atoms with E-state index in [1.54, 1.807) is 24.3 Å². The van der Waals surface area contributed by atoms with Crippen LogP contribution in [0.2, 0.25) is 0 Å². The third kappa shape index (κ3) is 7.54. The number of benzene rings is 1. The molecule has 9 heteroatoms. The predicted molar refractivity (Wildman–Crippen MR) is 149 cm³/mol. The first-order valence-electron chi connectivity index (χ1n) is 14.5. The van der Waals surface area contributed by atoms with Crippen LogP contribution in [0, 0.1) is 23.7 Å². The molecule has 39 heavy (non-hydrogen) atoms. The molecule has 1 saturated heterocycles. The van der Waals surface area contributed by atoms with Gasteiger partial charge in [0.15, 0.2) is 21.4 Å². The summed E-state index contributed by atoms with van der Waals surface area (Å²) in [5, 5.41) is 0. The van der Waals surface area contributed by atoms with Gasteiger partial charge in [0.1, 0.15) is 12.4 Å². The van der Waals surface area contributed by atoms with Gasteiger partial charge in [-0.3, -0.25) is 14.4 Å². The van der Waals surface area contributed by atoms with Crippen molar-refractivity contribution in [3.05, 3.63) is 35.4 Å². The van der Waals surface area contributed by atoms with Crippen LogP contribution in [0.3, 0.4) is 0 Å². The molecule has 2 aliphatic carbocycles. The van der Waals surface area contributed by atoms with Crippen molar-refractivity contribution in [3.63, 3.8) is 0 Å². The van der Waals surface area contributed by atoms with Crippen LogP contribution in [0.15, 0.2) is 24.3 Å². The lowest BCUT2D eigenvalue weighted by Crippen LogP contribution is -2.48. The Morgan fingerprint density at radius 2 is 1.62 bits per heavy atom. The molecule has 0 spiro atoms. The van der Waals surface area contributed by atoms with Crippen molar-refractivity contribution in [2.45, 2.75) is 82.7 Å². The molecule has 1 heterocycles. The van der Waals surface area contributed by atoms with Gasteiger partial charge in [-0.25, -0.2) is 12.8 Å². The van der Waals surface area contributed by atoms with Crippen LogP contribution in [-0.2, 0) is 25.8 Å². The van der Waals surface area contributed by atoms with Crippen molar-refractivity contribution < 1.29 is 27.2 Å². The number of amides is 1. The number of carbonyl (C=O) groups is 3. The highest BCUT2D eigenvalue weighted by Gasteiger charge is 2.46. The van der Waals surface area contributed by atoms with Crippen LogP contribution in [-0.4, -0.2) is 68.1 Å². The topological polar surface area (TPSA) is 115 Å². The maximum atomic E-state index is 13.9. The summed E-state index contributed by atoms with van der Waals surface area (Å²) >= 11 is 0. The monoisotopic (exact) mass is 562 g/mol. The van der Waals surface area contributed by atoms with E-state index in [2.05, 4.69) is 0 Å². The van der Waals surface area contributed by atoms with Gasteiger partial charge in [-0.1, -0.05) is 56.4 Å². The predicted octanol–water partition coefficient (Wildman–Crippen LogP) is 3.93. The Labute approximate surface area is 232 Å². The first-order valence-corrected chi connectivity index (χ1v) is 16.6. The molecule has 0 bridgehead atoms. The van der Waals surface area contributed by atoms with Crippen molar-refractivity contribution >= 4 is 27.3 Å². The normalized spacial score (nSPS) is 27.3. The highest BCUT2D eigenvalue weighted by molar-refractivity contribution is 7.91. The molecule has 1 aromatic rings. The summed E-state index contributed by atoms with van der Waals surface area (Å²) in [5.74, 6) is -0.364. The number of hydrogen-bond acceptors (Lipinski definition) is 6. The third-order valence-corrected chi connectivity index (χ3v) is 10.1. The molecule has 3 fully saturated rings. The minimum absolute atomic E-state index is 0.0276. The van der Waals surface area contributed by atoms with Crippen molar-refractivity contribution in [2.24, 2.45) is 29.4 Å². The second kappa shape index (κ2) is 13.0. The van der Waals surface area contributed by atoms with Gasteiger partial charge in [0.05, 0.1) is 6.04 Å². The number of nitrogens with two attached hydrogens (primary N) is 1. The van der Waals surface area contributed by atoms with Crippen LogP contribution in [0.25, 0.3) is 0 Å². The number of hydrogen-bond donors (Lipinski definition) is 1. The van der Waals surface area contributed by atoms with E-state index in [1.807, 2.05) is 4.90 Å². The molecule has 2 saturated carbocycles. The Morgan fingerprint density at radius 3 is 2.21 bits per heavy atom. The van der Waals surface area contributed by atoms with E-state index >= 15 is 0 Å². The Kier molecular flexibility index (Phi) is 9.97. The number of rotatable bonds is 10. The van der Waals surface area contributed by atoms with Gasteiger partial charge >= 0.3 is 0 Å². The van der Waals surface area contributed by atoms with Gasteiger partial charge in [-0.2, -0.15) is 0 Å². The average molecular weight is 563 g/mol. The first-order chi connectivity index (χ1) is 18.6. The van der Waals surface area contributed by atoms with Crippen molar-refractivity contribution in [3.8, 4) is 0 Å². The molecule has 4 rings (SSSR count). The Morgan fingerprint density at radius 1 is 0.974 bits per heavy atom. The molecule has 1 amide bonds. The van der Waals surface area contributed by atoms with Crippen LogP contribution in [0.5, 0.6) is 0 Å². The summed E-state index contributed by atoms with van der Waals surface area (Å²) in [6, 6.07) is 5.66. The molecule has 2 N–H and O–H groups in total. The fraction of sp³-hybridized carbons (Fsp3) is 0.700. The van der Waals surface area contributed by atoms with E-state index in [-0.39, 0.29) is 35.9 Å². The molecule has 3 atom stereocenters. The largest absolute Gasteiger partial charge is 0.332 e. The highest BCUT2D eigenvalue weighted by atomic mass is 32.2. The Bertz CT molecular complexity index is 1120. The minimum Gasteiger partial charge on any atom is -0.332 e. The Hall–Kier alpha value is -2.13. The lowest BCUT2D eigenvalue weighted by molar-refractivity contribution is -0.143. The van der Waals surface area contributed by atoms with E-state index < -0.39 is 40.1 Å². The summed E-state index contributed by atoms with van der Waals surface area (Å²) < 4.78 is 36.0. The minimum atomic E-state index is -3.43. The lowest BCUT2D eigenvalue weighted by atomic mass is 9.75. The molecule has 0 aromatic heterocycles. The van der Waals surface area contributed by atoms with Gasteiger partial charge in [0, 0.05) is 36.7 Å².